The summed E-state index contributed by atoms with van der Waals surface area (Å²) in [6.45, 7) is 3.82. The van der Waals surface area contributed by atoms with E-state index in [-0.39, 0.29) is 24.5 Å². The third kappa shape index (κ3) is 3.13. The molecule has 1 heterocycles. The summed E-state index contributed by atoms with van der Waals surface area (Å²) in [5, 5.41) is 10.7. The second-order valence-corrected chi connectivity index (χ2v) is 2.96. The second kappa shape index (κ2) is 5.78. The molecule has 0 aliphatic rings. The fourth-order valence-electron chi connectivity index (χ4n) is 1.16. The van der Waals surface area contributed by atoms with Gasteiger partial charge in [-0.15, -0.1) is 0 Å². The van der Waals surface area contributed by atoms with Gasteiger partial charge >= 0.3 is 11.8 Å². The van der Waals surface area contributed by atoms with Gasteiger partial charge in [-0.3, -0.25) is 0 Å². The molecule has 0 unspecified atom stereocenters. The lowest BCUT2D eigenvalue weighted by molar-refractivity contribution is -0.390. The van der Waals surface area contributed by atoms with Gasteiger partial charge in [-0.2, -0.15) is 0 Å². The van der Waals surface area contributed by atoms with E-state index in [4.69, 9.17) is 9.47 Å². The first kappa shape index (κ1) is 12.9. The van der Waals surface area contributed by atoms with Crippen molar-refractivity contribution in [1.82, 2.24) is 4.98 Å². The summed E-state index contributed by atoms with van der Waals surface area (Å²) in [6, 6.07) is 1.26. The Morgan fingerprint density at radius 1 is 1.47 bits per heavy atom. The molecule has 7 nitrogen and oxygen atoms in total. The van der Waals surface area contributed by atoms with Crippen molar-refractivity contribution >= 4 is 11.8 Å². The molecule has 0 atom stereocenters. The Kier molecular flexibility index (Phi) is 4.38. The molecular weight excluding hydrogens is 228 g/mol. The van der Waals surface area contributed by atoms with Crippen LogP contribution in [-0.2, 0) is 4.74 Å². The van der Waals surface area contributed by atoms with Gasteiger partial charge in [0.05, 0.1) is 13.2 Å². The molecule has 92 valence electrons. The van der Waals surface area contributed by atoms with Crippen molar-refractivity contribution in [2.24, 2.45) is 0 Å². The van der Waals surface area contributed by atoms with Crippen LogP contribution in [-0.4, -0.2) is 29.1 Å². The van der Waals surface area contributed by atoms with Crippen molar-refractivity contribution in [1.29, 1.82) is 0 Å². The molecule has 0 fully saturated rings. The first-order valence-corrected chi connectivity index (χ1v) is 5.04. The minimum Gasteiger partial charge on any atom is -0.486 e. The molecule has 1 aromatic rings. The number of hydrogen-bond acceptors (Lipinski definition) is 6. The Bertz CT molecular complexity index is 433. The number of nitro groups is 1. The SMILES string of the molecule is CCOC(=O)c1cnc([N+](=O)[O-])c(OCC)c1. The predicted octanol–water partition coefficient (Wildman–Crippen LogP) is 1.57. The number of aromatic nitrogens is 1. The first-order chi connectivity index (χ1) is 8.10. The lowest BCUT2D eigenvalue weighted by atomic mass is 10.2. The molecule has 0 saturated heterocycles. The van der Waals surface area contributed by atoms with Crippen LogP contribution in [0.15, 0.2) is 12.3 Å². The number of carbonyl (C=O) groups excluding carboxylic acids is 1. The van der Waals surface area contributed by atoms with Crippen molar-refractivity contribution in [3.05, 3.63) is 27.9 Å². The number of pyridine rings is 1. The van der Waals surface area contributed by atoms with Crippen molar-refractivity contribution in [2.45, 2.75) is 13.8 Å². The summed E-state index contributed by atoms with van der Waals surface area (Å²) in [7, 11) is 0. The van der Waals surface area contributed by atoms with E-state index in [0.717, 1.165) is 6.20 Å². The number of ether oxygens (including phenoxy) is 2. The smallest absolute Gasteiger partial charge is 0.406 e. The molecular formula is C10H12N2O5. The number of esters is 1. The molecule has 0 saturated carbocycles. The Labute approximate surface area is 97.5 Å². The van der Waals surface area contributed by atoms with Gasteiger partial charge < -0.3 is 19.6 Å². The molecule has 0 radical (unpaired) electrons. The maximum atomic E-state index is 11.4. The normalized spacial score (nSPS) is 9.76. The molecule has 0 bridgehead atoms. The third-order valence-electron chi connectivity index (χ3n) is 1.82. The average molecular weight is 240 g/mol. The second-order valence-electron chi connectivity index (χ2n) is 2.96. The summed E-state index contributed by atoms with van der Waals surface area (Å²) in [5.74, 6) is -1.04. The summed E-state index contributed by atoms with van der Waals surface area (Å²) in [6.07, 6.45) is 1.10. The van der Waals surface area contributed by atoms with Crippen molar-refractivity contribution < 1.29 is 19.2 Å². The van der Waals surface area contributed by atoms with Crippen LogP contribution in [0.2, 0.25) is 0 Å². The minimum atomic E-state index is -0.667. The van der Waals surface area contributed by atoms with Gasteiger partial charge in [-0.25, -0.2) is 4.79 Å². The molecule has 17 heavy (non-hydrogen) atoms. The van der Waals surface area contributed by atoms with Gasteiger partial charge in [-0.1, -0.05) is 0 Å². The predicted molar refractivity (Wildman–Crippen MR) is 58.0 cm³/mol. The van der Waals surface area contributed by atoms with Crippen molar-refractivity contribution in [3.63, 3.8) is 0 Å². The molecule has 7 heteroatoms. The topological polar surface area (TPSA) is 91.6 Å². The van der Waals surface area contributed by atoms with E-state index in [1.807, 2.05) is 0 Å². The van der Waals surface area contributed by atoms with Gasteiger partial charge in [-0.05, 0) is 23.8 Å². The van der Waals surface area contributed by atoms with Crippen LogP contribution in [0.1, 0.15) is 24.2 Å². The van der Waals surface area contributed by atoms with Crippen molar-refractivity contribution in [2.75, 3.05) is 13.2 Å². The molecule has 0 aliphatic carbocycles. The number of rotatable bonds is 5. The molecule has 0 amide bonds. The molecule has 0 spiro atoms. The number of nitrogens with zero attached hydrogens (tertiary/aromatic N) is 2. The Morgan fingerprint density at radius 2 is 2.18 bits per heavy atom. The van der Waals surface area contributed by atoms with E-state index in [2.05, 4.69) is 4.98 Å². The van der Waals surface area contributed by atoms with Crippen LogP contribution in [0, 0.1) is 10.1 Å². The molecule has 0 aliphatic heterocycles. The van der Waals surface area contributed by atoms with Crippen molar-refractivity contribution in [3.8, 4) is 5.75 Å². The van der Waals surface area contributed by atoms with E-state index in [1.54, 1.807) is 13.8 Å². The highest BCUT2D eigenvalue weighted by Crippen LogP contribution is 2.25. The number of carbonyl (C=O) groups is 1. The lowest BCUT2D eigenvalue weighted by Crippen LogP contribution is -2.07. The van der Waals surface area contributed by atoms with E-state index in [1.165, 1.54) is 6.07 Å². The summed E-state index contributed by atoms with van der Waals surface area (Å²) >= 11 is 0. The van der Waals surface area contributed by atoms with Crippen LogP contribution in [0.3, 0.4) is 0 Å². The van der Waals surface area contributed by atoms with Gasteiger partial charge in [0.1, 0.15) is 5.56 Å². The molecule has 0 aromatic carbocycles. The van der Waals surface area contributed by atoms with Gasteiger partial charge in [0.2, 0.25) is 5.75 Å². The summed E-state index contributed by atoms with van der Waals surface area (Å²) in [5.41, 5.74) is 0.126. The highest BCUT2D eigenvalue weighted by atomic mass is 16.6. The zero-order valence-corrected chi connectivity index (χ0v) is 9.50. The van der Waals surface area contributed by atoms with E-state index < -0.39 is 16.7 Å². The van der Waals surface area contributed by atoms with Gasteiger partial charge in [0.15, 0.2) is 6.20 Å². The monoisotopic (exact) mass is 240 g/mol. The summed E-state index contributed by atoms with van der Waals surface area (Å²) < 4.78 is 9.81. The van der Waals surface area contributed by atoms with Crippen LogP contribution < -0.4 is 4.74 Å². The Morgan fingerprint density at radius 3 is 2.71 bits per heavy atom. The zero-order chi connectivity index (χ0) is 12.8. The fraction of sp³-hybridized carbons (Fsp3) is 0.400. The zero-order valence-electron chi connectivity index (χ0n) is 9.50. The molecule has 1 aromatic heterocycles. The largest absolute Gasteiger partial charge is 0.486 e. The highest BCUT2D eigenvalue weighted by molar-refractivity contribution is 5.89. The lowest BCUT2D eigenvalue weighted by Gasteiger charge is -2.05. The quantitative estimate of drug-likeness (QED) is 0.440. The highest BCUT2D eigenvalue weighted by Gasteiger charge is 2.20. The van der Waals surface area contributed by atoms with Crippen LogP contribution in [0.25, 0.3) is 0 Å². The molecule has 1 rings (SSSR count). The molecule has 0 N–H and O–H groups in total. The first-order valence-electron chi connectivity index (χ1n) is 5.04. The average Bonchev–Trinajstić information content (AvgIpc) is 2.29. The Hall–Kier alpha value is -2.18. The van der Waals surface area contributed by atoms with E-state index >= 15 is 0 Å². The van der Waals surface area contributed by atoms with Crippen LogP contribution in [0.4, 0.5) is 5.82 Å². The van der Waals surface area contributed by atoms with E-state index in [0.29, 0.717) is 0 Å². The van der Waals surface area contributed by atoms with Gasteiger partial charge in [0, 0.05) is 6.07 Å². The third-order valence-corrected chi connectivity index (χ3v) is 1.82. The maximum absolute atomic E-state index is 11.4. The van der Waals surface area contributed by atoms with E-state index in [9.17, 15) is 14.9 Å². The van der Waals surface area contributed by atoms with Crippen LogP contribution >= 0.6 is 0 Å². The van der Waals surface area contributed by atoms with Gasteiger partial charge in [0.25, 0.3) is 0 Å². The minimum absolute atomic E-state index is 0.0388. The Balaban J connectivity index is 3.09. The number of hydrogen-bond donors (Lipinski definition) is 0. The summed E-state index contributed by atoms with van der Waals surface area (Å²) in [4.78, 5) is 25.0. The fourth-order valence-corrected chi connectivity index (χ4v) is 1.16. The van der Waals surface area contributed by atoms with Crippen LogP contribution in [0.5, 0.6) is 5.75 Å². The maximum Gasteiger partial charge on any atom is 0.406 e. The standard InChI is InChI=1S/C10H12N2O5/c1-3-16-8-5-7(10(13)17-4-2)6-11-9(8)12(14)15/h5-6H,3-4H2,1-2H3.